The van der Waals surface area contributed by atoms with Crippen LogP contribution in [0, 0.1) is 0 Å². The first-order chi connectivity index (χ1) is 8.67. The SMILES string of the molecule is CC(C)(C)OC(=O)CC(N)(C(=O)O)C(=O)OC(C)(C)C. The number of carbonyl (C=O) groups is 3. The molecule has 0 saturated carbocycles. The Balaban J connectivity index is 5.09. The van der Waals surface area contributed by atoms with Gasteiger partial charge in [0.2, 0.25) is 5.54 Å². The van der Waals surface area contributed by atoms with Gasteiger partial charge in [0.05, 0.1) is 6.42 Å². The summed E-state index contributed by atoms with van der Waals surface area (Å²) in [7, 11) is 0. The number of hydrogen-bond donors (Lipinski definition) is 2. The van der Waals surface area contributed by atoms with Crippen molar-refractivity contribution in [2.45, 2.75) is 64.7 Å². The number of carboxylic acid groups (broad SMARTS) is 1. The summed E-state index contributed by atoms with van der Waals surface area (Å²) in [6, 6.07) is 0. The summed E-state index contributed by atoms with van der Waals surface area (Å²) in [5.41, 5.74) is 1.36. The summed E-state index contributed by atoms with van der Waals surface area (Å²) in [4.78, 5) is 34.8. The highest BCUT2D eigenvalue weighted by atomic mass is 16.6. The standard InChI is InChI=1S/C13H23NO6/c1-11(2,3)19-8(15)7-13(14,9(16)17)10(18)20-12(4,5)6/h7,14H2,1-6H3,(H,16,17). The van der Waals surface area contributed by atoms with Crippen LogP contribution in [0.1, 0.15) is 48.0 Å². The minimum atomic E-state index is -2.46. The van der Waals surface area contributed by atoms with Gasteiger partial charge in [-0.2, -0.15) is 0 Å². The van der Waals surface area contributed by atoms with Crippen molar-refractivity contribution in [3.8, 4) is 0 Å². The van der Waals surface area contributed by atoms with Gasteiger partial charge in [0, 0.05) is 0 Å². The van der Waals surface area contributed by atoms with Gasteiger partial charge in [0.15, 0.2) is 0 Å². The quantitative estimate of drug-likeness (QED) is 0.582. The Morgan fingerprint density at radius 2 is 1.35 bits per heavy atom. The van der Waals surface area contributed by atoms with E-state index in [4.69, 9.17) is 20.3 Å². The lowest BCUT2D eigenvalue weighted by Crippen LogP contribution is -2.58. The van der Waals surface area contributed by atoms with E-state index in [1.165, 1.54) is 0 Å². The fourth-order valence-electron chi connectivity index (χ4n) is 1.21. The lowest BCUT2D eigenvalue weighted by molar-refractivity contribution is -0.175. The van der Waals surface area contributed by atoms with Crippen molar-refractivity contribution >= 4 is 17.9 Å². The zero-order chi connectivity index (χ0) is 16.4. The fraction of sp³-hybridized carbons (Fsp3) is 0.769. The Labute approximate surface area is 118 Å². The van der Waals surface area contributed by atoms with Gasteiger partial charge >= 0.3 is 17.9 Å². The molecule has 0 aliphatic heterocycles. The van der Waals surface area contributed by atoms with Crippen LogP contribution in [0.5, 0.6) is 0 Å². The molecule has 3 N–H and O–H groups in total. The zero-order valence-corrected chi connectivity index (χ0v) is 12.8. The predicted octanol–water partition coefficient (Wildman–Crippen LogP) is 0.842. The second kappa shape index (κ2) is 5.78. The van der Waals surface area contributed by atoms with E-state index in [2.05, 4.69) is 0 Å². The largest absolute Gasteiger partial charge is 0.479 e. The van der Waals surface area contributed by atoms with E-state index >= 15 is 0 Å². The Morgan fingerprint density at radius 3 is 1.65 bits per heavy atom. The van der Waals surface area contributed by atoms with Crippen LogP contribution in [0.25, 0.3) is 0 Å². The third-order valence-corrected chi connectivity index (χ3v) is 1.99. The lowest BCUT2D eigenvalue weighted by atomic mass is 9.96. The number of esters is 2. The van der Waals surface area contributed by atoms with E-state index in [9.17, 15) is 14.4 Å². The summed E-state index contributed by atoms with van der Waals surface area (Å²) in [6.45, 7) is 9.58. The second-order valence-electron chi connectivity index (χ2n) is 6.54. The smallest absolute Gasteiger partial charge is 0.338 e. The van der Waals surface area contributed by atoms with Crippen molar-refractivity contribution in [1.29, 1.82) is 0 Å². The first kappa shape index (κ1) is 18.4. The molecular formula is C13H23NO6. The van der Waals surface area contributed by atoms with E-state index in [0.717, 1.165) is 0 Å². The van der Waals surface area contributed by atoms with Crippen molar-refractivity contribution in [1.82, 2.24) is 0 Å². The van der Waals surface area contributed by atoms with Gasteiger partial charge in [-0.3, -0.25) is 4.79 Å². The van der Waals surface area contributed by atoms with Gasteiger partial charge in [0.25, 0.3) is 0 Å². The molecule has 0 aromatic carbocycles. The number of rotatable bonds is 4. The maximum atomic E-state index is 11.9. The molecule has 0 aliphatic rings. The minimum Gasteiger partial charge on any atom is -0.479 e. The van der Waals surface area contributed by atoms with Gasteiger partial charge in [-0.15, -0.1) is 0 Å². The molecule has 116 valence electrons. The molecule has 0 aromatic heterocycles. The monoisotopic (exact) mass is 289 g/mol. The van der Waals surface area contributed by atoms with Crippen molar-refractivity contribution in [3.05, 3.63) is 0 Å². The normalized spacial score (nSPS) is 15.2. The van der Waals surface area contributed by atoms with Gasteiger partial charge in [-0.1, -0.05) is 0 Å². The molecule has 7 nitrogen and oxygen atoms in total. The number of ether oxygens (including phenoxy) is 2. The summed E-state index contributed by atoms with van der Waals surface area (Å²) < 4.78 is 9.92. The van der Waals surface area contributed by atoms with E-state index in [0.29, 0.717) is 0 Å². The van der Waals surface area contributed by atoms with Crippen molar-refractivity contribution in [2.75, 3.05) is 0 Å². The van der Waals surface area contributed by atoms with Crippen LogP contribution in [0.15, 0.2) is 0 Å². The Kier molecular flexibility index (Phi) is 5.31. The molecule has 0 radical (unpaired) electrons. The molecule has 0 heterocycles. The molecule has 0 spiro atoms. The van der Waals surface area contributed by atoms with Gasteiger partial charge in [-0.25, -0.2) is 9.59 Å². The molecule has 1 unspecified atom stereocenters. The summed E-state index contributed by atoms with van der Waals surface area (Å²) in [5, 5.41) is 9.11. The zero-order valence-electron chi connectivity index (χ0n) is 12.8. The van der Waals surface area contributed by atoms with E-state index in [-0.39, 0.29) is 0 Å². The summed E-state index contributed by atoms with van der Waals surface area (Å²) in [5.74, 6) is -3.70. The average Bonchev–Trinajstić information content (AvgIpc) is 2.10. The van der Waals surface area contributed by atoms with Crippen LogP contribution in [0.3, 0.4) is 0 Å². The molecule has 0 aliphatic carbocycles. The number of nitrogens with two attached hydrogens (primary N) is 1. The first-order valence-electron chi connectivity index (χ1n) is 6.15. The minimum absolute atomic E-state index is 0.797. The van der Waals surface area contributed by atoms with Crippen molar-refractivity contribution in [2.24, 2.45) is 5.73 Å². The third kappa shape index (κ3) is 6.01. The number of aliphatic carboxylic acids is 1. The van der Waals surface area contributed by atoms with E-state index < -0.39 is 41.1 Å². The Hall–Kier alpha value is -1.63. The van der Waals surface area contributed by atoms with Crippen LogP contribution >= 0.6 is 0 Å². The molecule has 7 heteroatoms. The molecule has 1 atom stereocenters. The molecule has 0 aromatic rings. The maximum Gasteiger partial charge on any atom is 0.338 e. The van der Waals surface area contributed by atoms with Crippen LogP contribution in [-0.2, 0) is 23.9 Å². The highest BCUT2D eigenvalue weighted by Crippen LogP contribution is 2.19. The molecule has 0 fully saturated rings. The molecule has 0 amide bonds. The van der Waals surface area contributed by atoms with Gasteiger partial charge < -0.3 is 20.3 Å². The van der Waals surface area contributed by atoms with Crippen molar-refractivity contribution in [3.63, 3.8) is 0 Å². The first-order valence-corrected chi connectivity index (χ1v) is 6.15. The second-order valence-corrected chi connectivity index (χ2v) is 6.54. The van der Waals surface area contributed by atoms with Crippen molar-refractivity contribution < 1.29 is 29.0 Å². The maximum absolute atomic E-state index is 11.9. The van der Waals surface area contributed by atoms with Gasteiger partial charge in [0.1, 0.15) is 11.2 Å². The molecular weight excluding hydrogens is 266 g/mol. The fourth-order valence-corrected chi connectivity index (χ4v) is 1.21. The summed E-state index contributed by atoms with van der Waals surface area (Å²) >= 11 is 0. The Bertz CT molecular complexity index is 404. The van der Waals surface area contributed by atoms with Crippen LogP contribution < -0.4 is 5.73 Å². The molecule has 0 rings (SSSR count). The van der Waals surface area contributed by atoms with Crippen LogP contribution in [0.2, 0.25) is 0 Å². The average molecular weight is 289 g/mol. The number of carbonyl (C=O) groups excluding carboxylic acids is 2. The molecule has 0 bridgehead atoms. The van der Waals surface area contributed by atoms with E-state index in [1.807, 2.05) is 0 Å². The highest BCUT2D eigenvalue weighted by molar-refractivity contribution is 6.06. The van der Waals surface area contributed by atoms with Gasteiger partial charge in [-0.05, 0) is 41.5 Å². The number of carboxylic acids is 1. The lowest BCUT2D eigenvalue weighted by Gasteiger charge is -2.28. The molecule has 0 saturated heterocycles. The third-order valence-electron chi connectivity index (χ3n) is 1.99. The predicted molar refractivity (Wildman–Crippen MR) is 70.9 cm³/mol. The number of hydrogen-bond acceptors (Lipinski definition) is 6. The topological polar surface area (TPSA) is 116 Å². The highest BCUT2D eigenvalue weighted by Gasteiger charge is 2.48. The summed E-state index contributed by atoms with van der Waals surface area (Å²) in [6.07, 6.45) is -0.797. The van der Waals surface area contributed by atoms with Crippen LogP contribution in [0.4, 0.5) is 0 Å². The van der Waals surface area contributed by atoms with Crippen LogP contribution in [-0.4, -0.2) is 39.8 Å². The van der Waals surface area contributed by atoms with E-state index in [1.54, 1.807) is 41.5 Å². The Morgan fingerprint density at radius 1 is 0.950 bits per heavy atom. The molecule has 20 heavy (non-hydrogen) atoms.